The molecule has 0 unspecified atom stereocenters. The van der Waals surface area contributed by atoms with Crippen molar-refractivity contribution in [3.63, 3.8) is 0 Å². The summed E-state index contributed by atoms with van der Waals surface area (Å²) in [7, 11) is 0. The van der Waals surface area contributed by atoms with Crippen LogP contribution in [0.5, 0.6) is 0 Å². The first-order valence-electron chi connectivity index (χ1n) is 8.98. The molecule has 0 bridgehead atoms. The lowest BCUT2D eigenvalue weighted by molar-refractivity contribution is -0.118. The van der Waals surface area contributed by atoms with E-state index < -0.39 is 0 Å². The smallest absolute Gasteiger partial charge is 0.230 e. The van der Waals surface area contributed by atoms with Gasteiger partial charge in [-0.2, -0.15) is 0 Å². The SMILES string of the molecule is Cc1cc(C)c(-c2ccc(SCC(=O)NCc3ccc(Cl)cc3)nn2)cc1C. The van der Waals surface area contributed by atoms with Crippen LogP contribution in [0.4, 0.5) is 0 Å². The summed E-state index contributed by atoms with van der Waals surface area (Å²) >= 11 is 7.23. The third kappa shape index (κ3) is 5.33. The lowest BCUT2D eigenvalue weighted by Crippen LogP contribution is -2.24. The van der Waals surface area contributed by atoms with Crippen LogP contribution in [0.25, 0.3) is 11.3 Å². The standard InChI is InChI=1S/C22H22ClN3OS/c1-14-10-16(3)19(11-15(14)2)20-8-9-22(26-25-20)28-13-21(27)24-12-17-4-6-18(23)7-5-17/h4-11H,12-13H2,1-3H3,(H,24,27). The highest BCUT2D eigenvalue weighted by Crippen LogP contribution is 2.25. The van der Waals surface area contributed by atoms with Crippen molar-refractivity contribution in [1.29, 1.82) is 0 Å². The molecular formula is C22H22ClN3OS. The van der Waals surface area contributed by atoms with E-state index in [-0.39, 0.29) is 5.91 Å². The van der Waals surface area contributed by atoms with E-state index in [1.165, 1.54) is 28.5 Å². The van der Waals surface area contributed by atoms with Crippen molar-refractivity contribution in [2.75, 3.05) is 5.75 Å². The first-order valence-corrected chi connectivity index (χ1v) is 10.3. The zero-order valence-electron chi connectivity index (χ0n) is 16.1. The number of benzene rings is 2. The van der Waals surface area contributed by atoms with Crippen molar-refractivity contribution >= 4 is 29.3 Å². The van der Waals surface area contributed by atoms with Gasteiger partial charge in [0.2, 0.25) is 5.91 Å². The number of nitrogens with zero attached hydrogens (tertiary/aromatic N) is 2. The molecule has 1 heterocycles. The van der Waals surface area contributed by atoms with Crippen LogP contribution < -0.4 is 5.32 Å². The molecule has 0 saturated heterocycles. The molecule has 144 valence electrons. The molecule has 6 heteroatoms. The van der Waals surface area contributed by atoms with Gasteiger partial charge in [0, 0.05) is 17.1 Å². The molecule has 0 spiro atoms. The average Bonchev–Trinajstić information content (AvgIpc) is 2.69. The summed E-state index contributed by atoms with van der Waals surface area (Å²) in [6, 6.07) is 15.6. The van der Waals surface area contributed by atoms with E-state index in [0.717, 1.165) is 21.8 Å². The van der Waals surface area contributed by atoms with Crippen molar-refractivity contribution in [3.05, 3.63) is 75.8 Å². The van der Waals surface area contributed by atoms with Crippen LogP contribution in [0.2, 0.25) is 5.02 Å². The summed E-state index contributed by atoms with van der Waals surface area (Å²) in [5, 5.41) is 12.9. The van der Waals surface area contributed by atoms with E-state index in [1.807, 2.05) is 36.4 Å². The van der Waals surface area contributed by atoms with Crippen molar-refractivity contribution in [2.24, 2.45) is 0 Å². The Balaban J connectivity index is 1.55. The maximum absolute atomic E-state index is 12.1. The van der Waals surface area contributed by atoms with Crippen LogP contribution in [0, 0.1) is 20.8 Å². The molecule has 0 aliphatic carbocycles. The van der Waals surface area contributed by atoms with Crippen molar-refractivity contribution in [2.45, 2.75) is 32.3 Å². The Kier molecular flexibility index (Phi) is 6.70. The predicted molar refractivity (Wildman–Crippen MR) is 116 cm³/mol. The Bertz CT molecular complexity index is 972. The molecule has 28 heavy (non-hydrogen) atoms. The second-order valence-corrected chi connectivity index (χ2v) is 8.13. The lowest BCUT2D eigenvalue weighted by Gasteiger charge is -2.09. The summed E-state index contributed by atoms with van der Waals surface area (Å²) in [4.78, 5) is 12.1. The highest BCUT2D eigenvalue weighted by Gasteiger charge is 2.08. The van der Waals surface area contributed by atoms with Crippen LogP contribution in [0.15, 0.2) is 53.6 Å². The first kappa shape index (κ1) is 20.4. The Morgan fingerprint density at radius 3 is 2.36 bits per heavy atom. The highest BCUT2D eigenvalue weighted by atomic mass is 35.5. The number of thioether (sulfide) groups is 1. The lowest BCUT2D eigenvalue weighted by atomic mass is 9.99. The third-order valence-corrected chi connectivity index (χ3v) is 5.68. The minimum absolute atomic E-state index is 0.0455. The Morgan fingerprint density at radius 2 is 1.68 bits per heavy atom. The highest BCUT2D eigenvalue weighted by molar-refractivity contribution is 7.99. The van der Waals surface area contributed by atoms with Gasteiger partial charge in [-0.05, 0) is 73.4 Å². The van der Waals surface area contributed by atoms with E-state index in [4.69, 9.17) is 11.6 Å². The Hall–Kier alpha value is -2.37. The number of rotatable bonds is 6. The van der Waals surface area contributed by atoms with E-state index in [9.17, 15) is 4.79 Å². The molecule has 3 rings (SSSR count). The fourth-order valence-electron chi connectivity index (χ4n) is 2.77. The van der Waals surface area contributed by atoms with Crippen molar-refractivity contribution in [1.82, 2.24) is 15.5 Å². The summed E-state index contributed by atoms with van der Waals surface area (Å²) in [6.45, 7) is 6.76. The molecule has 4 nitrogen and oxygen atoms in total. The van der Waals surface area contributed by atoms with E-state index in [0.29, 0.717) is 17.3 Å². The maximum atomic E-state index is 12.1. The molecule has 1 aromatic heterocycles. The largest absolute Gasteiger partial charge is 0.351 e. The number of aryl methyl sites for hydroxylation is 3. The minimum Gasteiger partial charge on any atom is -0.351 e. The van der Waals surface area contributed by atoms with Gasteiger partial charge in [-0.25, -0.2) is 0 Å². The summed E-state index contributed by atoms with van der Waals surface area (Å²) in [5.41, 5.74) is 6.63. The van der Waals surface area contributed by atoms with Crippen LogP contribution >= 0.6 is 23.4 Å². The number of aromatic nitrogens is 2. The van der Waals surface area contributed by atoms with Crippen LogP contribution in [-0.2, 0) is 11.3 Å². The zero-order chi connectivity index (χ0) is 20.1. The van der Waals surface area contributed by atoms with Gasteiger partial charge in [0.25, 0.3) is 0 Å². The Labute approximate surface area is 174 Å². The molecule has 0 radical (unpaired) electrons. The minimum atomic E-state index is -0.0455. The van der Waals surface area contributed by atoms with E-state index >= 15 is 0 Å². The molecule has 3 aromatic rings. The number of carbonyl (C=O) groups is 1. The monoisotopic (exact) mass is 411 g/mol. The topological polar surface area (TPSA) is 54.9 Å². The molecule has 0 aliphatic rings. The van der Waals surface area contributed by atoms with Crippen LogP contribution in [-0.4, -0.2) is 21.9 Å². The Morgan fingerprint density at radius 1 is 0.964 bits per heavy atom. The summed E-state index contributed by atoms with van der Waals surface area (Å²) in [5.74, 6) is 0.250. The van der Waals surface area contributed by atoms with Gasteiger partial charge in [0.05, 0.1) is 11.4 Å². The van der Waals surface area contributed by atoms with Crippen LogP contribution in [0.1, 0.15) is 22.3 Å². The van der Waals surface area contributed by atoms with Crippen LogP contribution in [0.3, 0.4) is 0 Å². The second kappa shape index (κ2) is 9.22. The predicted octanol–water partition coefficient (Wildman–Crippen LogP) is 5.13. The number of nitrogens with one attached hydrogen (secondary N) is 1. The number of halogens is 1. The molecule has 0 fully saturated rings. The molecule has 1 amide bonds. The van der Waals surface area contributed by atoms with Gasteiger partial charge < -0.3 is 5.32 Å². The number of amides is 1. The van der Waals surface area contributed by atoms with Gasteiger partial charge in [0.15, 0.2) is 0 Å². The molecule has 1 N–H and O–H groups in total. The van der Waals surface area contributed by atoms with Gasteiger partial charge >= 0.3 is 0 Å². The second-order valence-electron chi connectivity index (χ2n) is 6.70. The summed E-state index contributed by atoms with van der Waals surface area (Å²) in [6.07, 6.45) is 0. The van der Waals surface area contributed by atoms with Crippen molar-refractivity contribution < 1.29 is 4.79 Å². The molecule has 0 atom stereocenters. The number of carbonyl (C=O) groups excluding carboxylic acids is 1. The zero-order valence-corrected chi connectivity index (χ0v) is 17.7. The number of hydrogen-bond donors (Lipinski definition) is 1. The fourth-order valence-corrected chi connectivity index (χ4v) is 3.54. The normalized spacial score (nSPS) is 10.7. The fraction of sp³-hybridized carbons (Fsp3) is 0.227. The molecule has 2 aromatic carbocycles. The van der Waals surface area contributed by atoms with Gasteiger partial charge in [0.1, 0.15) is 5.03 Å². The first-order chi connectivity index (χ1) is 13.4. The van der Waals surface area contributed by atoms with Gasteiger partial charge in [-0.3, -0.25) is 4.79 Å². The average molecular weight is 412 g/mol. The van der Waals surface area contributed by atoms with E-state index in [2.05, 4.69) is 48.4 Å². The molecule has 0 saturated carbocycles. The van der Waals surface area contributed by atoms with E-state index in [1.54, 1.807) is 0 Å². The maximum Gasteiger partial charge on any atom is 0.230 e. The summed E-state index contributed by atoms with van der Waals surface area (Å²) < 4.78 is 0. The van der Waals surface area contributed by atoms with Gasteiger partial charge in [-0.15, -0.1) is 10.2 Å². The quantitative estimate of drug-likeness (QED) is 0.571. The third-order valence-electron chi connectivity index (χ3n) is 4.51. The number of hydrogen-bond acceptors (Lipinski definition) is 4. The van der Waals surface area contributed by atoms with Gasteiger partial charge in [-0.1, -0.05) is 41.6 Å². The van der Waals surface area contributed by atoms with Crippen molar-refractivity contribution in [3.8, 4) is 11.3 Å². The molecule has 0 aliphatic heterocycles. The molecular weight excluding hydrogens is 390 g/mol.